The fourth-order valence-corrected chi connectivity index (χ4v) is 1.41. The van der Waals surface area contributed by atoms with Gasteiger partial charge >= 0.3 is 5.97 Å². The van der Waals surface area contributed by atoms with Crippen molar-refractivity contribution >= 4 is 17.9 Å². The lowest BCUT2D eigenvalue weighted by Crippen LogP contribution is -2.17. The maximum Gasteiger partial charge on any atom is 0.312 e. The summed E-state index contributed by atoms with van der Waals surface area (Å²) in [5.74, 6) is -1.98. The Kier molecular flexibility index (Phi) is 4.33. The molecule has 0 heterocycles. The highest BCUT2D eigenvalue weighted by atomic mass is 16.4. The summed E-state index contributed by atoms with van der Waals surface area (Å²) in [6.07, 6.45) is 1.51. The van der Waals surface area contributed by atoms with E-state index in [-0.39, 0.29) is 17.9 Å². The highest BCUT2D eigenvalue weighted by Gasteiger charge is 2.16. The van der Waals surface area contributed by atoms with Crippen LogP contribution in [0.4, 0.5) is 5.69 Å². The van der Waals surface area contributed by atoms with E-state index < -0.39 is 11.9 Å². The molecule has 90 valence electrons. The van der Waals surface area contributed by atoms with Gasteiger partial charge in [-0.1, -0.05) is 6.07 Å². The highest BCUT2D eigenvalue weighted by molar-refractivity contribution is 5.88. The van der Waals surface area contributed by atoms with E-state index in [1.54, 1.807) is 6.07 Å². The molecule has 0 amide bonds. The van der Waals surface area contributed by atoms with Crippen LogP contribution in [-0.2, 0) is 11.2 Å². The van der Waals surface area contributed by atoms with E-state index in [9.17, 15) is 14.8 Å². The van der Waals surface area contributed by atoms with E-state index in [1.165, 1.54) is 25.4 Å². The fourth-order valence-electron chi connectivity index (χ4n) is 1.41. The Bertz CT molecular complexity index is 457. The number of nitrogens with zero attached hydrogens (tertiary/aromatic N) is 2. The average molecular weight is 236 g/mol. The van der Waals surface area contributed by atoms with Crippen molar-refractivity contribution in [2.75, 3.05) is 7.05 Å². The first-order chi connectivity index (χ1) is 8.08. The molecule has 0 saturated carbocycles. The quantitative estimate of drug-likeness (QED) is 0.600. The fraction of sp³-hybridized carbons (Fsp3) is 0.273. The zero-order chi connectivity index (χ0) is 12.8. The van der Waals surface area contributed by atoms with Crippen LogP contribution in [0, 0.1) is 10.8 Å². The third-order valence-corrected chi connectivity index (χ3v) is 2.24. The van der Waals surface area contributed by atoms with Gasteiger partial charge in [-0.05, 0) is 29.3 Å². The minimum Gasteiger partial charge on any atom is -0.506 e. The van der Waals surface area contributed by atoms with Crippen LogP contribution in [0.3, 0.4) is 0 Å². The monoisotopic (exact) mass is 236 g/mol. The Morgan fingerprint density at radius 2 is 2.24 bits per heavy atom. The third-order valence-electron chi connectivity index (χ3n) is 2.24. The molecule has 0 bridgehead atoms. The van der Waals surface area contributed by atoms with E-state index in [0.717, 1.165) is 0 Å². The van der Waals surface area contributed by atoms with Crippen molar-refractivity contribution in [3.8, 4) is 5.75 Å². The predicted octanol–water partition coefficient (Wildman–Crippen LogP) is 1.73. The van der Waals surface area contributed by atoms with Crippen LogP contribution < -0.4 is 0 Å². The average Bonchev–Trinajstić information content (AvgIpc) is 2.30. The van der Waals surface area contributed by atoms with Crippen molar-refractivity contribution in [2.45, 2.75) is 6.42 Å². The molecule has 0 saturated heterocycles. The molecular weight excluding hydrogens is 224 g/mol. The van der Waals surface area contributed by atoms with Gasteiger partial charge in [-0.15, -0.1) is 4.91 Å². The Morgan fingerprint density at radius 1 is 1.53 bits per heavy atom. The minimum atomic E-state index is -0.996. The lowest BCUT2D eigenvalue weighted by Gasteiger charge is -2.07. The number of carboxylic acids is 1. The molecule has 6 nitrogen and oxygen atoms in total. The van der Waals surface area contributed by atoms with Crippen molar-refractivity contribution in [3.05, 3.63) is 28.7 Å². The number of carbonyl (C=O) groups is 1. The molecule has 0 spiro atoms. The largest absolute Gasteiger partial charge is 0.506 e. The molecule has 1 aromatic rings. The van der Waals surface area contributed by atoms with E-state index in [0.29, 0.717) is 5.56 Å². The molecule has 1 rings (SSSR count). The second kappa shape index (κ2) is 5.74. The second-order valence-electron chi connectivity index (χ2n) is 3.47. The first-order valence-electron chi connectivity index (χ1n) is 4.88. The zero-order valence-corrected chi connectivity index (χ0v) is 9.20. The lowest BCUT2D eigenvalue weighted by atomic mass is 10.00. The van der Waals surface area contributed by atoms with Gasteiger partial charge in [0.1, 0.15) is 11.4 Å². The second-order valence-corrected chi connectivity index (χ2v) is 3.47. The molecule has 17 heavy (non-hydrogen) atoms. The van der Waals surface area contributed by atoms with Gasteiger partial charge in [0.25, 0.3) is 0 Å². The molecule has 0 aromatic heterocycles. The first-order valence-corrected chi connectivity index (χ1v) is 4.88. The maximum atomic E-state index is 10.9. The van der Waals surface area contributed by atoms with E-state index >= 15 is 0 Å². The van der Waals surface area contributed by atoms with Gasteiger partial charge in [0.05, 0.1) is 5.92 Å². The predicted molar refractivity (Wildman–Crippen MR) is 62.8 cm³/mol. The van der Waals surface area contributed by atoms with Crippen LogP contribution in [0.1, 0.15) is 5.56 Å². The Labute approximate surface area is 97.6 Å². The van der Waals surface area contributed by atoms with Crippen LogP contribution in [0.15, 0.2) is 28.4 Å². The summed E-state index contributed by atoms with van der Waals surface area (Å²) >= 11 is 0. The molecule has 1 unspecified atom stereocenters. The number of phenols is 1. The highest BCUT2D eigenvalue weighted by Crippen LogP contribution is 2.27. The van der Waals surface area contributed by atoms with Gasteiger partial charge in [-0.25, -0.2) is 0 Å². The third kappa shape index (κ3) is 3.37. The molecule has 1 aromatic carbocycles. The Hall–Kier alpha value is -2.24. The SMILES string of the molecule is CN=CC(Cc1ccc(O)c(N=O)c1)C(=O)O. The molecule has 6 heteroatoms. The molecular formula is C11H12N2O4. The van der Waals surface area contributed by atoms with Gasteiger partial charge in [0, 0.05) is 13.3 Å². The number of rotatable bonds is 5. The summed E-state index contributed by atoms with van der Waals surface area (Å²) in [7, 11) is 1.49. The summed E-state index contributed by atoms with van der Waals surface area (Å²) in [5.41, 5.74) is 0.504. The van der Waals surface area contributed by atoms with E-state index in [4.69, 9.17) is 5.11 Å². The summed E-state index contributed by atoms with van der Waals surface area (Å²) in [6, 6.07) is 4.22. The van der Waals surface area contributed by atoms with Gasteiger partial charge < -0.3 is 10.2 Å². The standard InChI is InChI=1S/C11H12N2O4/c1-12-6-8(11(15)16)4-7-2-3-10(14)9(5-7)13-17/h2-3,5-6,8,14H,4H2,1H3,(H,15,16). The first kappa shape index (κ1) is 12.8. The van der Waals surface area contributed by atoms with Crippen molar-refractivity contribution in [2.24, 2.45) is 16.1 Å². The summed E-state index contributed by atoms with van der Waals surface area (Å²) < 4.78 is 0. The van der Waals surface area contributed by atoms with Crippen LogP contribution in [0.25, 0.3) is 0 Å². The van der Waals surface area contributed by atoms with Crippen LogP contribution >= 0.6 is 0 Å². The smallest absolute Gasteiger partial charge is 0.312 e. The lowest BCUT2D eigenvalue weighted by molar-refractivity contribution is -0.139. The number of phenolic OH excluding ortho intramolecular Hbond substituents is 1. The van der Waals surface area contributed by atoms with Crippen LogP contribution in [-0.4, -0.2) is 29.4 Å². The molecule has 0 aliphatic heterocycles. The zero-order valence-electron chi connectivity index (χ0n) is 9.20. The number of nitroso groups, excluding NO2 is 1. The maximum absolute atomic E-state index is 10.9. The van der Waals surface area contributed by atoms with Gasteiger partial charge in [0.2, 0.25) is 0 Å². The molecule has 0 aliphatic carbocycles. The van der Waals surface area contributed by atoms with E-state index in [1.807, 2.05) is 0 Å². The van der Waals surface area contributed by atoms with Crippen molar-refractivity contribution in [1.82, 2.24) is 0 Å². The van der Waals surface area contributed by atoms with Crippen LogP contribution in [0.2, 0.25) is 0 Å². The van der Waals surface area contributed by atoms with Crippen LogP contribution in [0.5, 0.6) is 5.75 Å². The molecule has 1 atom stereocenters. The van der Waals surface area contributed by atoms with Gasteiger partial charge in [-0.3, -0.25) is 9.79 Å². The number of aromatic hydroxyl groups is 1. The van der Waals surface area contributed by atoms with Crippen molar-refractivity contribution in [3.63, 3.8) is 0 Å². The number of hydrogen-bond donors (Lipinski definition) is 2. The summed E-state index contributed by atoms with van der Waals surface area (Å²) in [6.45, 7) is 0. The van der Waals surface area contributed by atoms with Gasteiger partial charge in [-0.2, -0.15) is 0 Å². The normalized spacial score (nSPS) is 12.5. The number of aliphatic carboxylic acids is 1. The van der Waals surface area contributed by atoms with Crippen molar-refractivity contribution < 1.29 is 15.0 Å². The summed E-state index contributed by atoms with van der Waals surface area (Å²) in [5, 5.41) is 20.8. The molecule has 0 radical (unpaired) electrons. The number of hydrogen-bond acceptors (Lipinski definition) is 5. The van der Waals surface area contributed by atoms with E-state index in [2.05, 4.69) is 10.2 Å². The molecule has 0 fully saturated rings. The summed E-state index contributed by atoms with van der Waals surface area (Å²) in [4.78, 5) is 24.9. The van der Waals surface area contributed by atoms with Crippen molar-refractivity contribution in [1.29, 1.82) is 0 Å². The molecule has 2 N–H and O–H groups in total. The van der Waals surface area contributed by atoms with Gasteiger partial charge in [0.15, 0.2) is 0 Å². The number of aliphatic imine (C=N–C) groups is 1. The molecule has 0 aliphatic rings. The Balaban J connectivity index is 2.93. The number of carboxylic acid groups (broad SMARTS) is 1. The Morgan fingerprint density at radius 3 is 2.76 bits per heavy atom. The minimum absolute atomic E-state index is 0.0972. The topological polar surface area (TPSA) is 99.3 Å². The number of benzene rings is 1.